The molecule has 1 aromatic heterocycles. The van der Waals surface area contributed by atoms with E-state index < -0.39 is 9.84 Å². The lowest BCUT2D eigenvalue weighted by atomic mass is 10.0. The lowest BCUT2D eigenvalue weighted by Gasteiger charge is -2.42. The van der Waals surface area contributed by atoms with Crippen LogP contribution in [0.4, 0.5) is 9.93 Å². The normalized spacial score (nSPS) is 22.2. The van der Waals surface area contributed by atoms with E-state index in [-0.39, 0.29) is 28.9 Å². The Labute approximate surface area is 179 Å². The number of amides is 3. The smallest absolute Gasteiger partial charge is 0.326 e. The number of sulfone groups is 1. The Kier molecular flexibility index (Phi) is 5.45. The van der Waals surface area contributed by atoms with Crippen LogP contribution in [0.25, 0.3) is 10.2 Å². The zero-order valence-electron chi connectivity index (χ0n) is 17.2. The highest BCUT2D eigenvalue weighted by atomic mass is 32.2. The fourth-order valence-corrected chi connectivity index (χ4v) is 5.94. The molecule has 3 amide bonds. The van der Waals surface area contributed by atoms with Crippen LogP contribution in [0.2, 0.25) is 0 Å². The number of piperidine rings is 1. The standard InChI is InChI=1S/C19H25N5O4S2/c1-22-11-13(17(25)23(2)19(22)26)24-9-7-12(8-10-24)20-18-21-16-14(29-18)5-4-6-15(16)30(3,27)28/h4-6,12-13H,7-11H2,1-3H3,(H,20,21). The van der Waals surface area contributed by atoms with Gasteiger partial charge in [-0.3, -0.25) is 14.6 Å². The fraction of sp³-hybridized carbons (Fsp3) is 0.526. The van der Waals surface area contributed by atoms with E-state index in [1.807, 2.05) is 6.07 Å². The van der Waals surface area contributed by atoms with Crippen LogP contribution in [0.15, 0.2) is 23.1 Å². The molecule has 2 fully saturated rings. The lowest BCUT2D eigenvalue weighted by molar-refractivity contribution is -0.136. The van der Waals surface area contributed by atoms with Crippen molar-refractivity contribution in [3.63, 3.8) is 0 Å². The molecule has 0 bridgehead atoms. The van der Waals surface area contributed by atoms with Crippen molar-refractivity contribution in [3.8, 4) is 0 Å². The Morgan fingerprint density at radius 1 is 1.17 bits per heavy atom. The summed E-state index contributed by atoms with van der Waals surface area (Å²) in [4.78, 5) is 34.2. The Bertz CT molecular complexity index is 1090. The molecule has 4 rings (SSSR count). The van der Waals surface area contributed by atoms with Gasteiger partial charge in [0.2, 0.25) is 5.91 Å². The molecule has 0 spiro atoms. The van der Waals surface area contributed by atoms with Crippen molar-refractivity contribution in [3.05, 3.63) is 18.2 Å². The van der Waals surface area contributed by atoms with Gasteiger partial charge < -0.3 is 10.2 Å². The van der Waals surface area contributed by atoms with Gasteiger partial charge in [0.25, 0.3) is 0 Å². The number of likely N-dealkylation sites (tertiary alicyclic amines) is 1. The van der Waals surface area contributed by atoms with E-state index in [4.69, 9.17) is 0 Å². The van der Waals surface area contributed by atoms with Gasteiger partial charge in [-0.25, -0.2) is 18.2 Å². The molecule has 1 N–H and O–H groups in total. The molecular formula is C19H25N5O4S2. The second-order valence-electron chi connectivity index (χ2n) is 7.92. The summed E-state index contributed by atoms with van der Waals surface area (Å²) in [6.07, 6.45) is 2.86. The minimum absolute atomic E-state index is 0.149. The van der Waals surface area contributed by atoms with Crippen LogP contribution in [0.1, 0.15) is 12.8 Å². The summed E-state index contributed by atoms with van der Waals surface area (Å²) >= 11 is 1.45. The number of rotatable bonds is 4. The number of aromatic nitrogens is 1. The predicted molar refractivity (Wildman–Crippen MR) is 116 cm³/mol. The topological polar surface area (TPSA) is 103 Å². The molecule has 1 unspecified atom stereocenters. The molecule has 0 saturated carbocycles. The van der Waals surface area contributed by atoms with E-state index in [1.54, 1.807) is 24.1 Å². The third kappa shape index (κ3) is 3.88. The molecule has 9 nitrogen and oxygen atoms in total. The van der Waals surface area contributed by atoms with Crippen LogP contribution >= 0.6 is 11.3 Å². The number of likely N-dealkylation sites (N-methyl/N-ethyl adjacent to an activating group) is 2. The van der Waals surface area contributed by atoms with Gasteiger partial charge in [0.05, 0.1) is 9.60 Å². The molecule has 2 aliphatic rings. The Balaban J connectivity index is 1.42. The largest absolute Gasteiger partial charge is 0.359 e. The number of thiazole rings is 1. The third-order valence-corrected chi connectivity index (χ3v) is 7.84. The number of carbonyl (C=O) groups is 2. The van der Waals surface area contributed by atoms with Gasteiger partial charge >= 0.3 is 6.03 Å². The summed E-state index contributed by atoms with van der Waals surface area (Å²) in [5, 5.41) is 4.14. The Hall–Kier alpha value is -2.24. The summed E-state index contributed by atoms with van der Waals surface area (Å²) in [6.45, 7) is 1.89. The summed E-state index contributed by atoms with van der Waals surface area (Å²) in [7, 11) is -0.101. The number of imide groups is 1. The number of nitrogens with one attached hydrogen (secondary N) is 1. The van der Waals surface area contributed by atoms with Gasteiger partial charge in [0.15, 0.2) is 15.0 Å². The van der Waals surface area contributed by atoms with Crippen LogP contribution in [0.3, 0.4) is 0 Å². The summed E-state index contributed by atoms with van der Waals surface area (Å²) in [6, 6.07) is 4.81. The highest BCUT2D eigenvalue weighted by Gasteiger charge is 2.39. The number of carbonyl (C=O) groups excluding carboxylic acids is 2. The zero-order chi connectivity index (χ0) is 21.6. The van der Waals surface area contributed by atoms with Crippen molar-refractivity contribution in [2.45, 2.75) is 29.8 Å². The third-order valence-electron chi connectivity index (χ3n) is 5.76. The number of hydrogen-bond acceptors (Lipinski definition) is 8. The van der Waals surface area contributed by atoms with E-state index in [0.717, 1.165) is 30.6 Å². The first-order valence-electron chi connectivity index (χ1n) is 9.78. The van der Waals surface area contributed by atoms with Gasteiger partial charge in [0, 0.05) is 46.0 Å². The highest BCUT2D eigenvalue weighted by Crippen LogP contribution is 2.31. The lowest BCUT2D eigenvalue weighted by Crippen LogP contribution is -2.62. The van der Waals surface area contributed by atoms with E-state index >= 15 is 0 Å². The maximum atomic E-state index is 12.5. The van der Waals surface area contributed by atoms with Crippen molar-refractivity contribution in [1.29, 1.82) is 0 Å². The number of nitrogens with zero attached hydrogens (tertiary/aromatic N) is 4. The number of benzene rings is 1. The quantitative estimate of drug-likeness (QED) is 0.751. The molecule has 0 aliphatic carbocycles. The first-order chi connectivity index (χ1) is 14.1. The highest BCUT2D eigenvalue weighted by molar-refractivity contribution is 7.91. The van der Waals surface area contributed by atoms with Crippen LogP contribution in [-0.2, 0) is 14.6 Å². The predicted octanol–water partition coefficient (Wildman–Crippen LogP) is 1.47. The SMILES string of the molecule is CN1CC(N2CCC(Nc3nc4c(S(C)(=O)=O)cccc4s3)CC2)C(=O)N(C)C1=O. The van der Waals surface area contributed by atoms with E-state index in [0.29, 0.717) is 17.2 Å². The van der Waals surface area contributed by atoms with Crippen molar-refractivity contribution in [1.82, 2.24) is 19.7 Å². The maximum absolute atomic E-state index is 12.5. The van der Waals surface area contributed by atoms with Crippen LogP contribution < -0.4 is 5.32 Å². The number of urea groups is 1. The molecule has 30 heavy (non-hydrogen) atoms. The second kappa shape index (κ2) is 7.78. The second-order valence-corrected chi connectivity index (χ2v) is 10.9. The van der Waals surface area contributed by atoms with E-state index in [1.165, 1.54) is 29.5 Å². The average molecular weight is 452 g/mol. The van der Waals surface area contributed by atoms with Crippen LogP contribution in [-0.4, -0.2) is 92.1 Å². The molecule has 1 aromatic carbocycles. The van der Waals surface area contributed by atoms with Crippen LogP contribution in [0.5, 0.6) is 0 Å². The first kappa shape index (κ1) is 21.0. The number of anilines is 1. The van der Waals surface area contributed by atoms with Crippen molar-refractivity contribution in [2.24, 2.45) is 0 Å². The van der Waals surface area contributed by atoms with Gasteiger partial charge in [-0.2, -0.15) is 0 Å². The summed E-state index contributed by atoms with van der Waals surface area (Å²) < 4.78 is 24.9. The average Bonchev–Trinajstić information content (AvgIpc) is 3.11. The van der Waals surface area contributed by atoms with E-state index in [9.17, 15) is 18.0 Å². The minimum atomic E-state index is -3.34. The van der Waals surface area contributed by atoms with Crippen molar-refractivity contribution >= 4 is 48.5 Å². The first-order valence-corrected chi connectivity index (χ1v) is 12.5. The maximum Gasteiger partial charge on any atom is 0.326 e. The van der Waals surface area contributed by atoms with Gasteiger partial charge in [-0.15, -0.1) is 0 Å². The summed E-state index contributed by atoms with van der Waals surface area (Å²) in [5.74, 6) is -0.149. The molecule has 1 atom stereocenters. The molecule has 3 heterocycles. The van der Waals surface area contributed by atoms with Gasteiger partial charge in [-0.05, 0) is 25.0 Å². The minimum Gasteiger partial charge on any atom is -0.359 e. The molecule has 0 radical (unpaired) electrons. The molecule has 11 heteroatoms. The van der Waals surface area contributed by atoms with Crippen LogP contribution in [0, 0.1) is 0 Å². The summed E-state index contributed by atoms with van der Waals surface area (Å²) in [5.41, 5.74) is 0.508. The molecular weight excluding hydrogens is 426 g/mol. The van der Waals surface area contributed by atoms with Crippen molar-refractivity contribution < 1.29 is 18.0 Å². The van der Waals surface area contributed by atoms with Gasteiger partial charge in [-0.1, -0.05) is 17.4 Å². The molecule has 162 valence electrons. The zero-order valence-corrected chi connectivity index (χ0v) is 18.8. The fourth-order valence-electron chi connectivity index (χ4n) is 4.08. The number of para-hydroxylation sites is 1. The number of hydrogen-bond donors (Lipinski definition) is 1. The Morgan fingerprint density at radius 2 is 1.87 bits per heavy atom. The van der Waals surface area contributed by atoms with Crippen molar-refractivity contribution in [2.75, 3.05) is 45.3 Å². The molecule has 2 saturated heterocycles. The Morgan fingerprint density at radius 3 is 2.53 bits per heavy atom. The van der Waals surface area contributed by atoms with Gasteiger partial charge in [0.1, 0.15) is 11.6 Å². The monoisotopic (exact) mass is 451 g/mol. The molecule has 2 aromatic rings. The number of fused-ring (bicyclic) bond motifs is 1. The molecule has 2 aliphatic heterocycles. The van der Waals surface area contributed by atoms with E-state index in [2.05, 4.69) is 15.2 Å².